The number of rotatable bonds is 6. The van der Waals surface area contributed by atoms with Crippen LogP contribution in [0.4, 0.5) is 11.6 Å². The highest BCUT2D eigenvalue weighted by Gasteiger charge is 2.11. The van der Waals surface area contributed by atoms with Crippen LogP contribution >= 0.6 is 0 Å². The molecule has 0 aliphatic heterocycles. The SMILES string of the molecule is CCOC(=O)CCN(C)c1ncc([N+](=O)[O-])cn1. The maximum atomic E-state index is 11.1. The van der Waals surface area contributed by atoms with Gasteiger partial charge in [-0.05, 0) is 6.92 Å². The molecule has 0 amide bonds. The summed E-state index contributed by atoms with van der Waals surface area (Å²) in [6, 6.07) is 0. The molecule has 0 bridgehead atoms. The van der Waals surface area contributed by atoms with Crippen molar-refractivity contribution in [2.75, 3.05) is 25.1 Å². The molecule has 1 rings (SSSR count). The van der Waals surface area contributed by atoms with Gasteiger partial charge >= 0.3 is 11.7 Å². The van der Waals surface area contributed by atoms with E-state index >= 15 is 0 Å². The molecule has 18 heavy (non-hydrogen) atoms. The molecule has 1 aromatic heterocycles. The first-order valence-electron chi connectivity index (χ1n) is 5.37. The Morgan fingerprint density at radius 2 is 2.11 bits per heavy atom. The predicted octanol–water partition coefficient (Wildman–Crippen LogP) is 0.774. The number of hydrogen-bond donors (Lipinski definition) is 0. The first-order chi connectivity index (χ1) is 8.54. The summed E-state index contributed by atoms with van der Waals surface area (Å²) < 4.78 is 4.78. The molecular formula is C10H14N4O4. The molecule has 0 aliphatic rings. The fourth-order valence-electron chi connectivity index (χ4n) is 1.20. The summed E-state index contributed by atoms with van der Waals surface area (Å²) in [5.41, 5.74) is -0.169. The number of aromatic nitrogens is 2. The van der Waals surface area contributed by atoms with Crippen molar-refractivity contribution < 1.29 is 14.5 Å². The average molecular weight is 254 g/mol. The quantitative estimate of drug-likeness (QED) is 0.420. The molecule has 0 saturated heterocycles. The van der Waals surface area contributed by atoms with Crippen LogP contribution < -0.4 is 4.90 Å². The Kier molecular flexibility index (Phi) is 4.97. The largest absolute Gasteiger partial charge is 0.466 e. The number of esters is 1. The van der Waals surface area contributed by atoms with Crippen LogP contribution in [0.5, 0.6) is 0 Å². The van der Waals surface area contributed by atoms with E-state index in [1.54, 1.807) is 18.9 Å². The molecule has 0 radical (unpaired) electrons. The smallest absolute Gasteiger partial charge is 0.307 e. The van der Waals surface area contributed by atoms with Crippen LogP contribution in [0, 0.1) is 10.1 Å². The normalized spacial score (nSPS) is 9.89. The van der Waals surface area contributed by atoms with E-state index < -0.39 is 4.92 Å². The zero-order valence-electron chi connectivity index (χ0n) is 10.2. The van der Waals surface area contributed by atoms with Gasteiger partial charge in [-0.1, -0.05) is 0 Å². The van der Waals surface area contributed by atoms with E-state index in [1.165, 1.54) is 0 Å². The van der Waals surface area contributed by atoms with Crippen LogP contribution in [-0.2, 0) is 9.53 Å². The van der Waals surface area contributed by atoms with Gasteiger partial charge in [0.25, 0.3) is 0 Å². The Hall–Kier alpha value is -2.25. The highest BCUT2D eigenvalue weighted by molar-refractivity contribution is 5.70. The van der Waals surface area contributed by atoms with Gasteiger partial charge < -0.3 is 9.64 Å². The average Bonchev–Trinajstić information content (AvgIpc) is 2.36. The Morgan fingerprint density at radius 1 is 1.50 bits per heavy atom. The second kappa shape index (κ2) is 6.48. The molecule has 0 saturated carbocycles. The predicted molar refractivity (Wildman–Crippen MR) is 63.2 cm³/mol. The van der Waals surface area contributed by atoms with Gasteiger partial charge in [0.2, 0.25) is 5.95 Å². The van der Waals surface area contributed by atoms with Gasteiger partial charge in [0, 0.05) is 13.6 Å². The molecule has 8 heteroatoms. The fourth-order valence-corrected chi connectivity index (χ4v) is 1.20. The van der Waals surface area contributed by atoms with Gasteiger partial charge in [-0.2, -0.15) is 0 Å². The van der Waals surface area contributed by atoms with Crippen molar-refractivity contribution in [1.29, 1.82) is 0 Å². The number of anilines is 1. The minimum atomic E-state index is -0.567. The lowest BCUT2D eigenvalue weighted by Crippen LogP contribution is -2.23. The van der Waals surface area contributed by atoms with Crippen LogP contribution in [0.3, 0.4) is 0 Å². The second-order valence-corrected chi connectivity index (χ2v) is 3.47. The maximum absolute atomic E-state index is 11.1. The van der Waals surface area contributed by atoms with E-state index in [2.05, 4.69) is 9.97 Å². The summed E-state index contributed by atoms with van der Waals surface area (Å²) in [6.45, 7) is 2.47. The van der Waals surface area contributed by atoms with Crippen molar-refractivity contribution in [2.24, 2.45) is 0 Å². The van der Waals surface area contributed by atoms with Gasteiger partial charge in [0.1, 0.15) is 12.4 Å². The van der Waals surface area contributed by atoms with Crippen LogP contribution in [0.1, 0.15) is 13.3 Å². The lowest BCUT2D eigenvalue weighted by atomic mass is 10.4. The van der Waals surface area contributed by atoms with Crippen molar-refractivity contribution in [1.82, 2.24) is 9.97 Å². The Labute approximate surface area is 104 Å². The number of carbonyl (C=O) groups excluding carboxylic acids is 1. The van der Waals surface area contributed by atoms with Crippen LogP contribution in [0.15, 0.2) is 12.4 Å². The third-order valence-corrected chi connectivity index (χ3v) is 2.13. The van der Waals surface area contributed by atoms with Gasteiger partial charge in [-0.25, -0.2) is 9.97 Å². The first kappa shape index (κ1) is 13.8. The van der Waals surface area contributed by atoms with E-state index in [1.807, 2.05) is 0 Å². The van der Waals surface area contributed by atoms with Crippen molar-refractivity contribution in [3.63, 3.8) is 0 Å². The van der Waals surface area contributed by atoms with Gasteiger partial charge in [0.15, 0.2) is 0 Å². The molecule has 1 heterocycles. The molecule has 8 nitrogen and oxygen atoms in total. The van der Waals surface area contributed by atoms with E-state index in [-0.39, 0.29) is 18.1 Å². The lowest BCUT2D eigenvalue weighted by molar-refractivity contribution is -0.385. The van der Waals surface area contributed by atoms with Crippen molar-refractivity contribution in [2.45, 2.75) is 13.3 Å². The van der Waals surface area contributed by atoms with Gasteiger partial charge in [-0.3, -0.25) is 14.9 Å². The summed E-state index contributed by atoms with van der Waals surface area (Å²) in [4.78, 5) is 30.3. The Balaban J connectivity index is 2.53. The van der Waals surface area contributed by atoms with Crippen molar-refractivity contribution >= 4 is 17.6 Å². The summed E-state index contributed by atoms with van der Waals surface area (Å²) in [5.74, 6) is 0.0242. The number of ether oxygens (including phenoxy) is 1. The maximum Gasteiger partial charge on any atom is 0.307 e. The zero-order chi connectivity index (χ0) is 13.5. The van der Waals surface area contributed by atoms with E-state index in [9.17, 15) is 14.9 Å². The molecular weight excluding hydrogens is 240 g/mol. The van der Waals surface area contributed by atoms with E-state index in [0.29, 0.717) is 19.1 Å². The molecule has 1 aromatic rings. The molecule has 0 atom stereocenters. The molecule has 0 spiro atoms. The minimum Gasteiger partial charge on any atom is -0.466 e. The number of carbonyl (C=O) groups is 1. The molecule has 0 fully saturated rings. The molecule has 0 aliphatic carbocycles. The molecule has 98 valence electrons. The third kappa shape index (κ3) is 3.96. The van der Waals surface area contributed by atoms with Crippen LogP contribution in [-0.4, -0.2) is 41.1 Å². The topological polar surface area (TPSA) is 98.5 Å². The molecule has 0 aromatic carbocycles. The Morgan fingerprint density at radius 3 is 2.61 bits per heavy atom. The standard InChI is InChI=1S/C10H14N4O4/c1-3-18-9(15)4-5-13(2)10-11-6-8(7-12-10)14(16)17/h6-7H,3-5H2,1-2H3. The van der Waals surface area contributed by atoms with Crippen LogP contribution in [0.2, 0.25) is 0 Å². The van der Waals surface area contributed by atoms with Crippen LogP contribution in [0.25, 0.3) is 0 Å². The minimum absolute atomic E-state index is 0.169. The molecule has 0 unspecified atom stereocenters. The molecule has 0 N–H and O–H groups in total. The van der Waals surface area contributed by atoms with Gasteiger partial charge in [0.05, 0.1) is 18.0 Å². The summed E-state index contributed by atoms with van der Waals surface area (Å²) in [5, 5.41) is 10.4. The zero-order valence-corrected chi connectivity index (χ0v) is 10.2. The number of hydrogen-bond acceptors (Lipinski definition) is 7. The summed E-state index contributed by atoms with van der Waals surface area (Å²) in [7, 11) is 1.69. The number of nitro groups is 1. The van der Waals surface area contributed by atoms with E-state index in [4.69, 9.17) is 4.74 Å². The van der Waals surface area contributed by atoms with E-state index in [0.717, 1.165) is 12.4 Å². The monoisotopic (exact) mass is 254 g/mol. The third-order valence-electron chi connectivity index (χ3n) is 2.13. The number of nitrogens with zero attached hydrogens (tertiary/aromatic N) is 4. The second-order valence-electron chi connectivity index (χ2n) is 3.47. The highest BCUT2D eigenvalue weighted by atomic mass is 16.6. The lowest BCUT2D eigenvalue weighted by Gasteiger charge is -2.15. The fraction of sp³-hybridized carbons (Fsp3) is 0.500. The Bertz CT molecular complexity index is 420. The first-order valence-corrected chi connectivity index (χ1v) is 5.37. The van der Waals surface area contributed by atoms with Crippen molar-refractivity contribution in [3.05, 3.63) is 22.5 Å². The van der Waals surface area contributed by atoms with Gasteiger partial charge in [-0.15, -0.1) is 0 Å². The summed E-state index contributed by atoms with van der Waals surface area (Å²) >= 11 is 0. The highest BCUT2D eigenvalue weighted by Crippen LogP contribution is 2.10. The summed E-state index contributed by atoms with van der Waals surface area (Å²) in [6.07, 6.45) is 2.47. The van der Waals surface area contributed by atoms with Crippen molar-refractivity contribution in [3.8, 4) is 0 Å².